The Morgan fingerprint density at radius 2 is 1.80 bits per heavy atom. The van der Waals surface area contributed by atoms with Gasteiger partial charge in [0.05, 0.1) is 24.2 Å². The molecule has 0 saturated carbocycles. The molecule has 0 spiro atoms. The third-order valence-electron chi connectivity index (χ3n) is 5.49. The lowest BCUT2D eigenvalue weighted by Gasteiger charge is -2.10. The number of rotatable bonds is 7. The van der Waals surface area contributed by atoms with Crippen molar-refractivity contribution in [3.63, 3.8) is 0 Å². The summed E-state index contributed by atoms with van der Waals surface area (Å²) in [7, 11) is 0. The van der Waals surface area contributed by atoms with Crippen molar-refractivity contribution < 1.29 is 13.9 Å². The molecule has 176 valence electrons. The molecule has 9 heteroatoms. The molecule has 0 unspecified atom stereocenters. The second kappa shape index (κ2) is 9.74. The van der Waals surface area contributed by atoms with Gasteiger partial charge < -0.3 is 13.7 Å². The van der Waals surface area contributed by atoms with E-state index in [1.165, 1.54) is 0 Å². The molecule has 0 fully saturated rings. The maximum Gasteiger partial charge on any atom is 0.289 e. The van der Waals surface area contributed by atoms with Crippen molar-refractivity contribution in [2.75, 3.05) is 6.61 Å². The number of carbonyl (C=O) groups is 1. The van der Waals surface area contributed by atoms with Crippen LogP contribution in [0.5, 0.6) is 5.75 Å². The molecule has 2 aromatic heterocycles. The SMILES string of the molecule is CCOc1ccc2c(c1)c(C(=O)c1nnc(-c3ccccc3)o1)c(Cl)n2Cc1ccc(Cl)cc1Cl. The van der Waals surface area contributed by atoms with Crippen molar-refractivity contribution in [3.05, 3.63) is 98.9 Å². The van der Waals surface area contributed by atoms with E-state index in [-0.39, 0.29) is 22.5 Å². The number of benzene rings is 3. The second-order valence-corrected chi connectivity index (χ2v) is 8.91. The normalized spacial score (nSPS) is 11.2. The molecule has 0 saturated heterocycles. The Morgan fingerprint density at radius 3 is 2.54 bits per heavy atom. The predicted molar refractivity (Wildman–Crippen MR) is 137 cm³/mol. The summed E-state index contributed by atoms with van der Waals surface area (Å²) in [5, 5.41) is 9.90. The van der Waals surface area contributed by atoms with E-state index >= 15 is 0 Å². The van der Waals surface area contributed by atoms with Gasteiger partial charge in [-0.2, -0.15) is 0 Å². The monoisotopic (exact) mass is 525 g/mol. The van der Waals surface area contributed by atoms with Crippen LogP contribution in [0.2, 0.25) is 15.2 Å². The molecule has 0 aliphatic rings. The number of carbonyl (C=O) groups excluding carboxylic acids is 1. The Morgan fingerprint density at radius 1 is 1.00 bits per heavy atom. The molecule has 2 heterocycles. The molecule has 0 amide bonds. The average Bonchev–Trinajstić information content (AvgIpc) is 3.45. The molecular weight excluding hydrogens is 509 g/mol. The van der Waals surface area contributed by atoms with E-state index in [4.69, 9.17) is 44.0 Å². The fourth-order valence-corrected chi connectivity index (χ4v) is 4.68. The molecule has 5 aromatic rings. The molecule has 0 bridgehead atoms. The predicted octanol–water partition coefficient (Wildman–Crippen LogP) is 7.33. The van der Waals surface area contributed by atoms with E-state index in [0.29, 0.717) is 39.9 Å². The minimum Gasteiger partial charge on any atom is -0.494 e. The highest BCUT2D eigenvalue weighted by molar-refractivity contribution is 6.37. The quantitative estimate of drug-likeness (QED) is 0.208. The van der Waals surface area contributed by atoms with Crippen LogP contribution in [0.3, 0.4) is 0 Å². The lowest BCUT2D eigenvalue weighted by Crippen LogP contribution is -2.04. The number of hydrogen-bond donors (Lipinski definition) is 0. The highest BCUT2D eigenvalue weighted by Gasteiger charge is 2.27. The number of ether oxygens (including phenoxy) is 1. The number of fused-ring (bicyclic) bond motifs is 1. The first-order chi connectivity index (χ1) is 17.0. The van der Waals surface area contributed by atoms with Crippen molar-refractivity contribution in [3.8, 4) is 17.2 Å². The Balaban J connectivity index is 1.62. The second-order valence-electron chi connectivity index (χ2n) is 7.71. The van der Waals surface area contributed by atoms with Gasteiger partial charge in [-0.15, -0.1) is 10.2 Å². The van der Waals surface area contributed by atoms with Crippen LogP contribution in [-0.4, -0.2) is 27.2 Å². The molecule has 5 rings (SSSR count). The first-order valence-corrected chi connectivity index (χ1v) is 11.9. The summed E-state index contributed by atoms with van der Waals surface area (Å²) in [6.07, 6.45) is 0. The maximum atomic E-state index is 13.6. The minimum atomic E-state index is -0.482. The van der Waals surface area contributed by atoms with Crippen LogP contribution >= 0.6 is 34.8 Å². The number of ketones is 1. The lowest BCUT2D eigenvalue weighted by atomic mass is 10.1. The summed E-state index contributed by atoms with van der Waals surface area (Å²) in [6, 6.07) is 19.9. The fourth-order valence-electron chi connectivity index (χ4n) is 3.87. The average molecular weight is 527 g/mol. The minimum absolute atomic E-state index is 0.156. The van der Waals surface area contributed by atoms with E-state index in [2.05, 4.69) is 10.2 Å². The van der Waals surface area contributed by atoms with E-state index < -0.39 is 5.78 Å². The van der Waals surface area contributed by atoms with E-state index in [1.54, 1.807) is 18.2 Å². The Bertz CT molecular complexity index is 1540. The zero-order chi connectivity index (χ0) is 24.5. The molecule has 0 radical (unpaired) electrons. The summed E-state index contributed by atoms with van der Waals surface area (Å²) in [6.45, 7) is 2.69. The van der Waals surface area contributed by atoms with E-state index in [9.17, 15) is 4.79 Å². The van der Waals surface area contributed by atoms with Crippen LogP contribution in [0.1, 0.15) is 28.7 Å². The van der Waals surface area contributed by atoms with Crippen molar-refractivity contribution in [2.24, 2.45) is 0 Å². The van der Waals surface area contributed by atoms with Gasteiger partial charge >= 0.3 is 0 Å². The topological polar surface area (TPSA) is 70.2 Å². The third kappa shape index (κ3) is 4.52. The zero-order valence-corrected chi connectivity index (χ0v) is 20.7. The van der Waals surface area contributed by atoms with Gasteiger partial charge in [0, 0.05) is 21.0 Å². The fraction of sp³-hybridized carbons (Fsp3) is 0.115. The Hall–Kier alpha value is -3.32. The highest BCUT2D eigenvalue weighted by atomic mass is 35.5. The number of hydrogen-bond acceptors (Lipinski definition) is 5. The molecule has 0 atom stereocenters. The first kappa shape index (κ1) is 23.4. The standard InChI is InChI=1S/C26H18Cl3N3O3/c1-2-34-18-10-11-21-19(13-18)22(24(29)32(21)14-16-8-9-17(27)12-20(16)28)23(33)26-31-30-25(35-26)15-6-4-3-5-7-15/h3-13H,2,14H2,1H3. The van der Waals surface area contributed by atoms with Crippen molar-refractivity contribution in [1.82, 2.24) is 14.8 Å². The smallest absolute Gasteiger partial charge is 0.289 e. The van der Waals surface area contributed by atoms with Crippen LogP contribution in [0.15, 0.2) is 71.1 Å². The Labute approximate surface area is 216 Å². The molecule has 6 nitrogen and oxygen atoms in total. The van der Waals surface area contributed by atoms with Gasteiger partial charge in [0.25, 0.3) is 11.7 Å². The van der Waals surface area contributed by atoms with Crippen molar-refractivity contribution >= 4 is 51.5 Å². The molecule has 0 N–H and O–H groups in total. The van der Waals surface area contributed by atoms with Crippen molar-refractivity contribution in [2.45, 2.75) is 13.5 Å². The van der Waals surface area contributed by atoms with Crippen LogP contribution < -0.4 is 4.74 Å². The van der Waals surface area contributed by atoms with Crippen molar-refractivity contribution in [1.29, 1.82) is 0 Å². The van der Waals surface area contributed by atoms with E-state index in [1.807, 2.05) is 60.0 Å². The van der Waals surface area contributed by atoms with Crippen LogP contribution in [0.25, 0.3) is 22.4 Å². The number of aromatic nitrogens is 3. The van der Waals surface area contributed by atoms with Crippen LogP contribution in [-0.2, 0) is 6.54 Å². The summed E-state index contributed by atoms with van der Waals surface area (Å²) in [4.78, 5) is 13.6. The van der Waals surface area contributed by atoms with Gasteiger partial charge in [-0.25, -0.2) is 0 Å². The molecule has 0 aliphatic carbocycles. The highest BCUT2D eigenvalue weighted by Crippen LogP contribution is 2.36. The molecule has 35 heavy (non-hydrogen) atoms. The largest absolute Gasteiger partial charge is 0.494 e. The molecule has 3 aromatic carbocycles. The summed E-state index contributed by atoms with van der Waals surface area (Å²) in [5.74, 6) is 0.222. The number of halogens is 3. The first-order valence-electron chi connectivity index (χ1n) is 10.8. The maximum absolute atomic E-state index is 13.6. The van der Waals surface area contributed by atoms with Crippen LogP contribution in [0.4, 0.5) is 0 Å². The van der Waals surface area contributed by atoms with Gasteiger partial charge in [0.1, 0.15) is 10.9 Å². The summed E-state index contributed by atoms with van der Waals surface area (Å²) < 4.78 is 13.2. The summed E-state index contributed by atoms with van der Waals surface area (Å²) in [5.41, 5.74) is 2.49. The van der Waals surface area contributed by atoms with Gasteiger partial charge in [-0.1, -0.05) is 59.1 Å². The zero-order valence-electron chi connectivity index (χ0n) is 18.5. The molecular formula is C26H18Cl3N3O3. The van der Waals surface area contributed by atoms with Gasteiger partial charge in [-0.05, 0) is 55.0 Å². The van der Waals surface area contributed by atoms with E-state index in [0.717, 1.165) is 11.1 Å². The Kier molecular flexibility index (Phi) is 6.52. The van der Waals surface area contributed by atoms with Gasteiger partial charge in [-0.3, -0.25) is 4.79 Å². The van der Waals surface area contributed by atoms with Gasteiger partial charge in [0.2, 0.25) is 5.89 Å². The lowest BCUT2D eigenvalue weighted by molar-refractivity contribution is 0.100. The number of nitrogens with zero attached hydrogens (tertiary/aromatic N) is 3. The third-order valence-corrected chi connectivity index (χ3v) is 6.47. The summed E-state index contributed by atoms with van der Waals surface area (Å²) >= 11 is 19.3. The van der Waals surface area contributed by atoms with Gasteiger partial charge in [0.15, 0.2) is 0 Å². The molecule has 0 aliphatic heterocycles. The van der Waals surface area contributed by atoms with Crippen LogP contribution in [0, 0.1) is 0 Å².